The molecule has 1 amide bonds. The number of pyridine rings is 1. The van der Waals surface area contributed by atoms with E-state index in [0.717, 1.165) is 22.5 Å². The molecule has 1 heterocycles. The van der Waals surface area contributed by atoms with Crippen molar-refractivity contribution < 1.29 is 4.79 Å². The van der Waals surface area contributed by atoms with Crippen LogP contribution in [0.5, 0.6) is 0 Å². The molecular weight excluding hydrogens is 378 g/mol. The van der Waals surface area contributed by atoms with Gasteiger partial charge in [-0.25, -0.2) is 4.98 Å². The Morgan fingerprint density at radius 3 is 2.52 bits per heavy atom. The highest BCUT2D eigenvalue weighted by atomic mass is 32.2. The number of aryl methyl sites for hydroxylation is 2. The number of rotatable bonds is 6. The average molecular weight is 402 g/mol. The first-order chi connectivity index (χ1) is 14.0. The largest absolute Gasteiger partial charge is 0.325 e. The van der Waals surface area contributed by atoms with Crippen LogP contribution < -0.4 is 5.32 Å². The van der Waals surface area contributed by atoms with E-state index < -0.39 is 0 Å². The van der Waals surface area contributed by atoms with Gasteiger partial charge in [0.2, 0.25) is 5.91 Å². The molecule has 0 saturated heterocycles. The maximum atomic E-state index is 12.9. The van der Waals surface area contributed by atoms with E-state index >= 15 is 0 Å². The predicted octanol–water partition coefficient (Wildman–Crippen LogP) is 5.75. The van der Waals surface area contributed by atoms with Crippen molar-refractivity contribution in [3.05, 3.63) is 77.4 Å². The van der Waals surface area contributed by atoms with Crippen molar-refractivity contribution in [2.75, 3.05) is 5.32 Å². The summed E-state index contributed by atoms with van der Waals surface area (Å²) in [4.78, 5) is 17.5. The number of nitrogens with zero attached hydrogens (tertiary/aromatic N) is 2. The number of hydrogen-bond donors (Lipinski definition) is 1. The maximum Gasteiger partial charge on any atom is 0.237 e. The van der Waals surface area contributed by atoms with Crippen LogP contribution in [0, 0.1) is 25.2 Å². The third kappa shape index (κ3) is 5.04. The van der Waals surface area contributed by atoms with E-state index in [0.29, 0.717) is 17.0 Å². The number of nitrogens with one attached hydrogen (secondary N) is 1. The topological polar surface area (TPSA) is 65.8 Å². The first-order valence-electron chi connectivity index (χ1n) is 9.53. The monoisotopic (exact) mass is 401 g/mol. The lowest BCUT2D eigenvalue weighted by Crippen LogP contribution is -2.24. The Morgan fingerprint density at radius 1 is 1.10 bits per heavy atom. The van der Waals surface area contributed by atoms with Gasteiger partial charge in [-0.2, -0.15) is 5.26 Å². The second kappa shape index (κ2) is 9.40. The van der Waals surface area contributed by atoms with Crippen molar-refractivity contribution in [2.24, 2.45) is 0 Å². The summed E-state index contributed by atoms with van der Waals surface area (Å²) in [7, 11) is 0. The van der Waals surface area contributed by atoms with Crippen molar-refractivity contribution in [2.45, 2.75) is 37.5 Å². The number of carbonyl (C=O) groups is 1. The minimum Gasteiger partial charge on any atom is -0.325 e. The van der Waals surface area contributed by atoms with Crippen molar-refractivity contribution in [1.29, 1.82) is 5.26 Å². The Morgan fingerprint density at radius 2 is 1.86 bits per heavy atom. The van der Waals surface area contributed by atoms with Gasteiger partial charge in [-0.3, -0.25) is 4.79 Å². The lowest BCUT2D eigenvalue weighted by Gasteiger charge is -2.16. The minimum atomic E-state index is -0.345. The molecule has 0 spiro atoms. The maximum absolute atomic E-state index is 12.9. The molecule has 1 atom stereocenters. The zero-order valence-corrected chi connectivity index (χ0v) is 17.6. The first kappa shape index (κ1) is 20.6. The van der Waals surface area contributed by atoms with Gasteiger partial charge in [0.1, 0.15) is 11.1 Å². The van der Waals surface area contributed by atoms with Crippen LogP contribution in [0.3, 0.4) is 0 Å². The Bertz CT molecular complexity index is 1060. The van der Waals surface area contributed by atoms with E-state index in [-0.39, 0.29) is 11.2 Å². The van der Waals surface area contributed by atoms with Crippen LogP contribution in [-0.4, -0.2) is 16.1 Å². The van der Waals surface area contributed by atoms with E-state index in [1.165, 1.54) is 17.3 Å². The summed E-state index contributed by atoms with van der Waals surface area (Å²) in [5.41, 5.74) is 5.34. The van der Waals surface area contributed by atoms with E-state index in [1.54, 1.807) is 6.07 Å². The second-order valence-corrected chi connectivity index (χ2v) is 8.02. The number of anilines is 1. The molecule has 0 radical (unpaired) electrons. The van der Waals surface area contributed by atoms with E-state index in [4.69, 9.17) is 0 Å². The van der Waals surface area contributed by atoms with Crippen molar-refractivity contribution in [1.82, 2.24) is 4.98 Å². The summed E-state index contributed by atoms with van der Waals surface area (Å²) >= 11 is 1.34. The number of thioether (sulfide) groups is 1. The zero-order valence-electron chi connectivity index (χ0n) is 16.8. The van der Waals surface area contributed by atoms with Crippen molar-refractivity contribution in [3.63, 3.8) is 0 Å². The molecule has 5 heteroatoms. The smallest absolute Gasteiger partial charge is 0.237 e. The molecule has 0 bridgehead atoms. The molecule has 4 nitrogen and oxygen atoms in total. The molecule has 3 aromatic rings. The molecule has 0 aliphatic rings. The van der Waals surface area contributed by atoms with Gasteiger partial charge in [0.15, 0.2) is 0 Å². The van der Waals surface area contributed by atoms with E-state index in [1.807, 2.05) is 75.4 Å². The lowest BCUT2D eigenvalue weighted by molar-refractivity contribution is -0.115. The molecular formula is C24H23N3OS. The van der Waals surface area contributed by atoms with Gasteiger partial charge in [0.25, 0.3) is 0 Å². The average Bonchev–Trinajstić information content (AvgIpc) is 2.75. The number of carbonyl (C=O) groups excluding carboxylic acids is 1. The summed E-state index contributed by atoms with van der Waals surface area (Å²) in [6, 6.07) is 21.5. The van der Waals surface area contributed by atoms with Crippen molar-refractivity contribution in [3.8, 4) is 17.3 Å². The summed E-state index contributed by atoms with van der Waals surface area (Å²) in [5.74, 6) is -0.0865. The number of benzene rings is 2. The molecule has 1 N–H and O–H groups in total. The quantitative estimate of drug-likeness (QED) is 0.534. The lowest BCUT2D eigenvalue weighted by atomic mass is 10.1. The van der Waals surface area contributed by atoms with Crippen LogP contribution in [-0.2, 0) is 4.79 Å². The fraction of sp³-hybridized carbons (Fsp3) is 0.208. The van der Waals surface area contributed by atoms with Gasteiger partial charge >= 0.3 is 0 Å². The Hall–Kier alpha value is -3.10. The summed E-state index contributed by atoms with van der Waals surface area (Å²) in [6.07, 6.45) is 0.628. The molecule has 146 valence electrons. The van der Waals surface area contributed by atoms with Gasteiger partial charge in [0, 0.05) is 11.3 Å². The van der Waals surface area contributed by atoms with Crippen molar-refractivity contribution >= 4 is 23.4 Å². The molecule has 29 heavy (non-hydrogen) atoms. The Kier molecular flexibility index (Phi) is 6.69. The summed E-state index contributed by atoms with van der Waals surface area (Å²) in [6.45, 7) is 6.03. The fourth-order valence-corrected chi connectivity index (χ4v) is 3.88. The highest BCUT2D eigenvalue weighted by Crippen LogP contribution is 2.30. The minimum absolute atomic E-state index is 0.0865. The Labute approximate surface area is 176 Å². The van der Waals surface area contributed by atoms with E-state index in [2.05, 4.69) is 16.4 Å². The van der Waals surface area contributed by atoms with Crippen LogP contribution in [0.1, 0.15) is 30.0 Å². The Balaban J connectivity index is 1.83. The van der Waals surface area contributed by atoms with Gasteiger partial charge in [-0.15, -0.1) is 0 Å². The number of hydrogen-bond acceptors (Lipinski definition) is 4. The van der Waals surface area contributed by atoms with Crippen LogP contribution in [0.15, 0.2) is 65.7 Å². The fourth-order valence-electron chi connectivity index (χ4n) is 2.88. The van der Waals surface area contributed by atoms with E-state index in [9.17, 15) is 10.1 Å². The zero-order chi connectivity index (χ0) is 20.8. The predicted molar refractivity (Wildman–Crippen MR) is 119 cm³/mol. The second-order valence-electron chi connectivity index (χ2n) is 6.83. The molecule has 0 saturated carbocycles. The molecule has 0 fully saturated rings. The SMILES string of the molecule is CCC(Sc1nc(-c2ccccc2)ccc1C#N)C(=O)Nc1ccc(C)c(C)c1. The third-order valence-corrected chi connectivity index (χ3v) is 6.11. The molecule has 3 rings (SSSR count). The molecule has 0 aliphatic heterocycles. The van der Waals surface area contributed by atoms with Crippen LogP contribution in [0.25, 0.3) is 11.3 Å². The molecule has 2 aromatic carbocycles. The first-order valence-corrected chi connectivity index (χ1v) is 10.4. The normalized spacial score (nSPS) is 11.5. The summed E-state index contributed by atoms with van der Waals surface area (Å²) in [5, 5.41) is 12.7. The van der Waals surface area contributed by atoms with Gasteiger partial charge in [0.05, 0.1) is 16.5 Å². The molecule has 1 unspecified atom stereocenters. The molecule has 1 aromatic heterocycles. The number of aromatic nitrogens is 1. The van der Waals surface area contributed by atoms with Gasteiger partial charge in [-0.05, 0) is 55.7 Å². The van der Waals surface area contributed by atoms with Gasteiger partial charge in [-0.1, -0.05) is 55.1 Å². The number of amides is 1. The van der Waals surface area contributed by atoms with Crippen LogP contribution in [0.2, 0.25) is 0 Å². The van der Waals surface area contributed by atoms with Gasteiger partial charge < -0.3 is 5.32 Å². The molecule has 0 aliphatic carbocycles. The standard InChI is InChI=1S/C24H23N3OS/c1-4-22(23(28)26-20-12-10-16(2)17(3)14-20)29-24-19(15-25)11-13-21(27-24)18-8-6-5-7-9-18/h5-14,22H,4H2,1-3H3,(H,26,28). The highest BCUT2D eigenvalue weighted by Gasteiger charge is 2.21. The van der Waals surface area contributed by atoms with Crippen LogP contribution in [0.4, 0.5) is 5.69 Å². The van der Waals surface area contributed by atoms with Crippen LogP contribution >= 0.6 is 11.8 Å². The number of nitriles is 1. The highest BCUT2D eigenvalue weighted by molar-refractivity contribution is 8.00. The summed E-state index contributed by atoms with van der Waals surface area (Å²) < 4.78 is 0. The third-order valence-electron chi connectivity index (χ3n) is 4.74.